The molecule has 0 bridgehead atoms. The van der Waals surface area contributed by atoms with E-state index in [1.807, 2.05) is 18.2 Å². The smallest absolute Gasteiger partial charge is 0.224 e. The largest absolute Gasteiger partial charge is 0.385 e. The van der Waals surface area contributed by atoms with Crippen molar-refractivity contribution in [3.8, 4) is 0 Å². The number of hydrogen-bond acceptors (Lipinski definition) is 6. The normalized spacial score (nSPS) is 17.3. The van der Waals surface area contributed by atoms with Crippen molar-refractivity contribution in [3.63, 3.8) is 0 Å². The number of anilines is 1. The molecule has 1 saturated heterocycles. The first-order valence-electron chi connectivity index (χ1n) is 9.14. The standard InChI is InChI=1S/C19H26N4O2S/c1-25-12-6-10-20-18(24)16-9-5-11-23(14-16)19-21-17(22-26-19)13-15-7-3-2-4-8-15/h2-4,7-8,16H,5-6,9-14H2,1H3,(H,20,24)/t16-/m1/s1. The van der Waals surface area contributed by atoms with Crippen molar-refractivity contribution in [1.82, 2.24) is 14.7 Å². The lowest BCUT2D eigenvalue weighted by Crippen LogP contribution is -2.43. The fraction of sp³-hybridized carbons (Fsp3) is 0.526. The summed E-state index contributed by atoms with van der Waals surface area (Å²) in [6.07, 6.45) is 3.53. The molecule has 0 radical (unpaired) electrons. The van der Waals surface area contributed by atoms with Gasteiger partial charge in [0.25, 0.3) is 0 Å². The number of methoxy groups -OCH3 is 1. The molecule has 1 aliphatic heterocycles. The molecule has 1 N–H and O–H groups in total. The van der Waals surface area contributed by atoms with Crippen LogP contribution in [0.15, 0.2) is 30.3 Å². The van der Waals surface area contributed by atoms with E-state index in [1.54, 1.807) is 7.11 Å². The Hall–Kier alpha value is -1.99. The van der Waals surface area contributed by atoms with Crippen LogP contribution in [-0.4, -0.2) is 48.6 Å². The topological polar surface area (TPSA) is 67.3 Å². The number of nitrogens with one attached hydrogen (secondary N) is 1. The fourth-order valence-corrected chi connectivity index (χ4v) is 3.88. The molecule has 1 aliphatic rings. The lowest BCUT2D eigenvalue weighted by atomic mass is 9.97. The van der Waals surface area contributed by atoms with Gasteiger partial charge in [-0.05, 0) is 24.8 Å². The number of amides is 1. The van der Waals surface area contributed by atoms with Crippen molar-refractivity contribution >= 4 is 22.6 Å². The number of nitrogens with zero attached hydrogens (tertiary/aromatic N) is 3. The van der Waals surface area contributed by atoms with Crippen LogP contribution in [0.2, 0.25) is 0 Å². The van der Waals surface area contributed by atoms with Gasteiger partial charge in [-0.3, -0.25) is 4.79 Å². The van der Waals surface area contributed by atoms with Crippen LogP contribution in [0.4, 0.5) is 5.13 Å². The highest BCUT2D eigenvalue weighted by molar-refractivity contribution is 7.09. The van der Waals surface area contributed by atoms with Gasteiger partial charge in [0, 0.05) is 51.3 Å². The minimum Gasteiger partial charge on any atom is -0.385 e. The van der Waals surface area contributed by atoms with E-state index in [0.717, 1.165) is 49.7 Å². The number of carbonyl (C=O) groups is 1. The van der Waals surface area contributed by atoms with Crippen molar-refractivity contribution in [2.45, 2.75) is 25.7 Å². The summed E-state index contributed by atoms with van der Waals surface area (Å²) in [7, 11) is 1.68. The zero-order chi connectivity index (χ0) is 18.2. The molecule has 0 spiro atoms. The minimum absolute atomic E-state index is 0.0211. The maximum Gasteiger partial charge on any atom is 0.224 e. The summed E-state index contributed by atoms with van der Waals surface area (Å²) in [5, 5.41) is 3.94. The first-order valence-corrected chi connectivity index (χ1v) is 9.91. The van der Waals surface area contributed by atoms with Crippen LogP contribution in [0.3, 0.4) is 0 Å². The third kappa shape index (κ3) is 5.25. The highest BCUT2D eigenvalue weighted by Gasteiger charge is 2.27. The van der Waals surface area contributed by atoms with E-state index in [4.69, 9.17) is 9.72 Å². The molecular weight excluding hydrogens is 348 g/mol. The summed E-state index contributed by atoms with van der Waals surface area (Å²) < 4.78 is 9.52. The third-order valence-electron chi connectivity index (χ3n) is 4.55. The van der Waals surface area contributed by atoms with Crippen LogP contribution in [0, 0.1) is 5.92 Å². The first kappa shape index (κ1) is 18.8. The maximum atomic E-state index is 12.4. The number of ether oxygens (including phenoxy) is 1. The molecule has 2 aromatic rings. The van der Waals surface area contributed by atoms with E-state index >= 15 is 0 Å². The Morgan fingerprint density at radius 2 is 2.23 bits per heavy atom. The van der Waals surface area contributed by atoms with Crippen molar-refractivity contribution < 1.29 is 9.53 Å². The molecule has 140 valence electrons. The number of piperidine rings is 1. The Balaban J connectivity index is 1.53. The second-order valence-corrected chi connectivity index (χ2v) is 7.31. The molecule has 1 aromatic carbocycles. The van der Waals surface area contributed by atoms with Crippen LogP contribution in [0.25, 0.3) is 0 Å². The van der Waals surface area contributed by atoms with E-state index in [0.29, 0.717) is 13.2 Å². The van der Waals surface area contributed by atoms with E-state index in [2.05, 4.69) is 26.7 Å². The van der Waals surface area contributed by atoms with Crippen LogP contribution in [0.5, 0.6) is 0 Å². The van der Waals surface area contributed by atoms with Gasteiger partial charge in [-0.2, -0.15) is 4.37 Å². The summed E-state index contributed by atoms with van der Waals surface area (Å²) in [6, 6.07) is 10.3. The van der Waals surface area contributed by atoms with Gasteiger partial charge in [0.15, 0.2) is 0 Å². The Labute approximate surface area is 158 Å². The molecule has 7 heteroatoms. The average Bonchev–Trinajstić information content (AvgIpc) is 3.14. The quantitative estimate of drug-likeness (QED) is 0.719. The monoisotopic (exact) mass is 374 g/mol. The number of hydrogen-bond donors (Lipinski definition) is 1. The Morgan fingerprint density at radius 1 is 1.38 bits per heavy atom. The molecular formula is C19H26N4O2S. The lowest BCUT2D eigenvalue weighted by Gasteiger charge is -2.31. The second-order valence-electron chi connectivity index (χ2n) is 6.58. The molecule has 6 nitrogen and oxygen atoms in total. The molecule has 3 rings (SSSR count). The molecule has 1 atom stereocenters. The zero-order valence-electron chi connectivity index (χ0n) is 15.2. The predicted octanol–water partition coefficient (Wildman–Crippen LogP) is 2.50. The van der Waals surface area contributed by atoms with Crippen molar-refractivity contribution in [2.75, 3.05) is 38.3 Å². The summed E-state index contributed by atoms with van der Waals surface area (Å²) in [6.45, 7) is 3.00. The summed E-state index contributed by atoms with van der Waals surface area (Å²) in [5.74, 6) is 1.01. The van der Waals surface area contributed by atoms with Crippen molar-refractivity contribution in [2.24, 2.45) is 5.92 Å². The van der Waals surface area contributed by atoms with Gasteiger partial charge in [0.05, 0.1) is 5.92 Å². The lowest BCUT2D eigenvalue weighted by molar-refractivity contribution is -0.125. The Kier molecular flexibility index (Phi) is 6.96. The number of rotatable bonds is 8. The molecule has 0 aliphatic carbocycles. The van der Waals surface area contributed by atoms with Gasteiger partial charge >= 0.3 is 0 Å². The number of benzene rings is 1. The number of aromatic nitrogens is 2. The van der Waals surface area contributed by atoms with Crippen LogP contribution in [0.1, 0.15) is 30.7 Å². The molecule has 0 saturated carbocycles. The van der Waals surface area contributed by atoms with Gasteiger partial charge in [0.1, 0.15) is 5.82 Å². The highest BCUT2D eigenvalue weighted by atomic mass is 32.1. The van der Waals surface area contributed by atoms with E-state index < -0.39 is 0 Å². The molecule has 0 unspecified atom stereocenters. The molecule has 26 heavy (non-hydrogen) atoms. The predicted molar refractivity (Wildman–Crippen MR) is 104 cm³/mol. The van der Waals surface area contributed by atoms with Crippen LogP contribution in [-0.2, 0) is 16.0 Å². The third-order valence-corrected chi connectivity index (χ3v) is 5.36. The summed E-state index contributed by atoms with van der Waals surface area (Å²) >= 11 is 1.43. The highest BCUT2D eigenvalue weighted by Crippen LogP contribution is 2.25. The van der Waals surface area contributed by atoms with Crippen molar-refractivity contribution in [3.05, 3.63) is 41.7 Å². The van der Waals surface area contributed by atoms with E-state index in [-0.39, 0.29) is 11.8 Å². The van der Waals surface area contributed by atoms with Gasteiger partial charge in [-0.25, -0.2) is 4.98 Å². The maximum absolute atomic E-state index is 12.4. The van der Waals surface area contributed by atoms with E-state index in [1.165, 1.54) is 17.1 Å². The van der Waals surface area contributed by atoms with Crippen molar-refractivity contribution in [1.29, 1.82) is 0 Å². The molecule has 1 amide bonds. The summed E-state index contributed by atoms with van der Waals surface area (Å²) in [4.78, 5) is 19.3. The van der Waals surface area contributed by atoms with Crippen LogP contribution < -0.4 is 10.2 Å². The van der Waals surface area contributed by atoms with Crippen LogP contribution >= 0.6 is 11.5 Å². The molecule has 1 aromatic heterocycles. The summed E-state index contributed by atoms with van der Waals surface area (Å²) in [5.41, 5.74) is 1.21. The molecule has 1 fully saturated rings. The van der Waals surface area contributed by atoms with E-state index in [9.17, 15) is 4.79 Å². The fourth-order valence-electron chi connectivity index (χ4n) is 3.16. The van der Waals surface area contributed by atoms with Gasteiger partial charge in [0.2, 0.25) is 11.0 Å². The first-order chi connectivity index (χ1) is 12.8. The number of carbonyl (C=O) groups excluding carboxylic acids is 1. The SMILES string of the molecule is COCCCNC(=O)[C@@H]1CCCN(c2nc(Cc3ccccc3)ns2)C1. The second kappa shape index (κ2) is 9.64. The minimum atomic E-state index is 0.0211. The Bertz CT molecular complexity index is 692. The van der Waals surface area contributed by atoms with Gasteiger partial charge in [-0.1, -0.05) is 30.3 Å². The molecule has 2 heterocycles. The van der Waals surface area contributed by atoms with Gasteiger partial charge < -0.3 is 15.0 Å². The Morgan fingerprint density at radius 3 is 3.04 bits per heavy atom. The average molecular weight is 375 g/mol. The van der Waals surface area contributed by atoms with Gasteiger partial charge in [-0.15, -0.1) is 0 Å². The zero-order valence-corrected chi connectivity index (χ0v) is 16.0.